The quantitative estimate of drug-likeness (QED) is 0.690. The summed E-state index contributed by atoms with van der Waals surface area (Å²) in [6, 6.07) is 0. The number of nitrogens with one attached hydrogen (secondary N) is 1. The van der Waals surface area contributed by atoms with E-state index in [-0.39, 0.29) is 5.41 Å². The van der Waals surface area contributed by atoms with Crippen molar-refractivity contribution in [1.29, 1.82) is 0 Å². The van der Waals surface area contributed by atoms with Crippen LogP contribution in [0, 0.1) is 0 Å². The Kier molecular flexibility index (Phi) is 2.26. The van der Waals surface area contributed by atoms with Crippen molar-refractivity contribution in [3.05, 3.63) is 5.82 Å². The third kappa shape index (κ3) is 1.44. The third-order valence-corrected chi connectivity index (χ3v) is 3.02. The summed E-state index contributed by atoms with van der Waals surface area (Å²) in [7, 11) is 0. The van der Waals surface area contributed by atoms with Crippen LogP contribution in [0.5, 0.6) is 0 Å². The molecular weight excluding hydrogens is 166 g/mol. The molecule has 0 radical (unpaired) electrons. The Hall–Kier alpha value is -0.970. The number of rotatable bonds is 2. The van der Waals surface area contributed by atoms with Crippen LogP contribution in [0.25, 0.3) is 0 Å². The Morgan fingerprint density at radius 2 is 2.08 bits per heavy atom. The molecule has 0 atom stereocenters. The van der Waals surface area contributed by atoms with Gasteiger partial charge in [0, 0.05) is 12.0 Å². The fourth-order valence-corrected chi connectivity index (χ4v) is 2.13. The maximum Gasteiger partial charge on any atom is 0.181 e. The summed E-state index contributed by atoms with van der Waals surface area (Å²) < 4.78 is 0. The lowest BCUT2D eigenvalue weighted by molar-refractivity contribution is 0.286. The molecule has 5 nitrogen and oxygen atoms in total. The fraction of sp³-hybridized carbons (Fsp3) is 0.875. The molecule has 2 rings (SSSR count). The summed E-state index contributed by atoms with van der Waals surface area (Å²) in [6.45, 7) is 0.631. The molecule has 5 heteroatoms. The number of hydrogen-bond acceptors (Lipinski definition) is 4. The van der Waals surface area contributed by atoms with Gasteiger partial charge in [-0.2, -0.15) is 5.21 Å². The van der Waals surface area contributed by atoms with Crippen LogP contribution in [0.1, 0.15) is 37.9 Å². The predicted octanol–water partition coefficient (Wildman–Crippen LogP) is 0.360. The lowest BCUT2D eigenvalue weighted by Crippen LogP contribution is -2.38. The van der Waals surface area contributed by atoms with Gasteiger partial charge in [-0.25, -0.2) is 0 Å². The van der Waals surface area contributed by atoms with Gasteiger partial charge in [-0.15, -0.1) is 10.2 Å². The highest BCUT2D eigenvalue weighted by Gasteiger charge is 2.36. The van der Waals surface area contributed by atoms with E-state index in [4.69, 9.17) is 5.73 Å². The van der Waals surface area contributed by atoms with Crippen LogP contribution in [-0.4, -0.2) is 27.2 Å². The van der Waals surface area contributed by atoms with Crippen molar-refractivity contribution in [3.8, 4) is 0 Å². The van der Waals surface area contributed by atoms with Gasteiger partial charge in [0.2, 0.25) is 0 Å². The van der Waals surface area contributed by atoms with E-state index in [1.807, 2.05) is 0 Å². The lowest BCUT2D eigenvalue weighted by atomic mass is 9.73. The zero-order valence-electron chi connectivity index (χ0n) is 7.66. The zero-order chi connectivity index (χ0) is 9.15. The number of nitrogens with zero attached hydrogens (tertiary/aromatic N) is 3. The van der Waals surface area contributed by atoms with Gasteiger partial charge in [0.05, 0.1) is 0 Å². The van der Waals surface area contributed by atoms with Crippen molar-refractivity contribution in [1.82, 2.24) is 20.6 Å². The Labute approximate surface area is 77.1 Å². The monoisotopic (exact) mass is 181 g/mol. The highest BCUT2D eigenvalue weighted by molar-refractivity contribution is 5.07. The fourth-order valence-electron chi connectivity index (χ4n) is 2.13. The molecule has 0 aromatic carbocycles. The van der Waals surface area contributed by atoms with Crippen molar-refractivity contribution in [3.63, 3.8) is 0 Å². The molecule has 0 spiro atoms. The number of tetrazole rings is 1. The maximum atomic E-state index is 5.81. The second-order valence-electron chi connectivity index (χ2n) is 3.78. The van der Waals surface area contributed by atoms with E-state index in [1.165, 1.54) is 19.3 Å². The second kappa shape index (κ2) is 3.41. The van der Waals surface area contributed by atoms with Gasteiger partial charge in [-0.3, -0.25) is 0 Å². The van der Waals surface area contributed by atoms with Gasteiger partial charge < -0.3 is 5.73 Å². The Morgan fingerprint density at radius 3 is 2.62 bits per heavy atom. The topological polar surface area (TPSA) is 80.5 Å². The summed E-state index contributed by atoms with van der Waals surface area (Å²) in [5, 5.41) is 14.2. The number of H-pyrrole nitrogens is 1. The minimum atomic E-state index is 0.00521. The average molecular weight is 181 g/mol. The minimum Gasteiger partial charge on any atom is -0.329 e. The Bertz CT molecular complexity index is 250. The normalized spacial score (nSPS) is 21.6. The number of hydrogen-bond donors (Lipinski definition) is 2. The standard InChI is InChI=1S/C8H15N5/c9-6-8(4-2-1-3-5-8)7-10-12-13-11-7/h1-6,9H2,(H,10,11,12,13). The smallest absolute Gasteiger partial charge is 0.181 e. The lowest BCUT2D eigenvalue weighted by Gasteiger charge is -2.32. The highest BCUT2D eigenvalue weighted by Crippen LogP contribution is 2.36. The molecule has 1 aromatic rings. The molecule has 3 N–H and O–H groups in total. The van der Waals surface area contributed by atoms with Gasteiger partial charge in [0.1, 0.15) is 0 Å². The SMILES string of the molecule is NCC1(c2nn[nH]n2)CCCCC1. The van der Waals surface area contributed by atoms with E-state index in [2.05, 4.69) is 20.6 Å². The van der Waals surface area contributed by atoms with Crippen molar-refractivity contribution in [2.24, 2.45) is 5.73 Å². The Morgan fingerprint density at radius 1 is 1.31 bits per heavy atom. The van der Waals surface area contributed by atoms with E-state index in [0.29, 0.717) is 6.54 Å². The molecule has 1 fully saturated rings. The molecule has 1 aliphatic carbocycles. The van der Waals surface area contributed by atoms with Gasteiger partial charge in [-0.05, 0) is 12.8 Å². The Balaban J connectivity index is 2.23. The molecule has 0 unspecified atom stereocenters. The molecule has 0 amide bonds. The first-order valence-electron chi connectivity index (χ1n) is 4.81. The maximum absolute atomic E-state index is 5.81. The first-order valence-corrected chi connectivity index (χ1v) is 4.81. The van der Waals surface area contributed by atoms with E-state index >= 15 is 0 Å². The van der Waals surface area contributed by atoms with Gasteiger partial charge in [-0.1, -0.05) is 24.5 Å². The summed E-state index contributed by atoms with van der Waals surface area (Å²) in [5.74, 6) is 0.801. The van der Waals surface area contributed by atoms with Crippen LogP contribution in [0.2, 0.25) is 0 Å². The van der Waals surface area contributed by atoms with E-state index in [1.54, 1.807) is 0 Å². The van der Waals surface area contributed by atoms with Crippen LogP contribution in [0.15, 0.2) is 0 Å². The third-order valence-electron chi connectivity index (χ3n) is 3.02. The molecule has 0 aliphatic heterocycles. The van der Waals surface area contributed by atoms with E-state index < -0.39 is 0 Å². The number of nitrogens with two attached hydrogens (primary N) is 1. The molecule has 1 heterocycles. The molecule has 0 saturated heterocycles. The average Bonchev–Trinajstić information content (AvgIpc) is 2.72. The second-order valence-corrected chi connectivity index (χ2v) is 3.78. The van der Waals surface area contributed by atoms with Crippen molar-refractivity contribution in [2.75, 3.05) is 6.54 Å². The zero-order valence-corrected chi connectivity index (χ0v) is 7.66. The first-order chi connectivity index (χ1) is 6.37. The van der Waals surface area contributed by atoms with Crippen molar-refractivity contribution >= 4 is 0 Å². The van der Waals surface area contributed by atoms with Crippen molar-refractivity contribution in [2.45, 2.75) is 37.5 Å². The van der Waals surface area contributed by atoms with Gasteiger partial charge in [0.25, 0.3) is 0 Å². The predicted molar refractivity (Wildman–Crippen MR) is 48.0 cm³/mol. The largest absolute Gasteiger partial charge is 0.329 e. The van der Waals surface area contributed by atoms with Crippen LogP contribution >= 0.6 is 0 Å². The molecular formula is C8H15N5. The van der Waals surface area contributed by atoms with Crippen molar-refractivity contribution < 1.29 is 0 Å². The van der Waals surface area contributed by atoms with Crippen LogP contribution in [0.4, 0.5) is 0 Å². The van der Waals surface area contributed by atoms with Crippen LogP contribution < -0.4 is 5.73 Å². The number of aromatic nitrogens is 4. The van der Waals surface area contributed by atoms with Gasteiger partial charge >= 0.3 is 0 Å². The summed E-state index contributed by atoms with van der Waals surface area (Å²) in [6.07, 6.45) is 5.96. The van der Waals surface area contributed by atoms with E-state index in [9.17, 15) is 0 Å². The molecule has 1 aliphatic rings. The minimum absolute atomic E-state index is 0.00521. The van der Waals surface area contributed by atoms with E-state index in [0.717, 1.165) is 18.7 Å². The molecule has 0 bridgehead atoms. The summed E-state index contributed by atoms with van der Waals surface area (Å²) in [5.41, 5.74) is 5.81. The summed E-state index contributed by atoms with van der Waals surface area (Å²) >= 11 is 0. The molecule has 1 saturated carbocycles. The molecule has 72 valence electrons. The highest BCUT2D eigenvalue weighted by atomic mass is 15.5. The molecule has 1 aromatic heterocycles. The first kappa shape index (κ1) is 8.62. The molecule has 13 heavy (non-hydrogen) atoms. The van der Waals surface area contributed by atoms with Crippen LogP contribution in [0.3, 0.4) is 0 Å². The number of aromatic amines is 1. The van der Waals surface area contributed by atoms with Crippen LogP contribution in [-0.2, 0) is 5.41 Å². The summed E-state index contributed by atoms with van der Waals surface area (Å²) in [4.78, 5) is 0. The van der Waals surface area contributed by atoms with Gasteiger partial charge in [0.15, 0.2) is 5.82 Å².